The lowest BCUT2D eigenvalue weighted by atomic mass is 10.0. The first-order valence-electron chi connectivity index (χ1n) is 16.0. The van der Waals surface area contributed by atoms with Gasteiger partial charge in [-0.1, -0.05) is 24.3 Å². The second-order valence-corrected chi connectivity index (χ2v) is 11.5. The highest BCUT2D eigenvalue weighted by molar-refractivity contribution is 6.25. The van der Waals surface area contributed by atoms with Crippen LogP contribution in [0.3, 0.4) is 0 Å². The molecule has 0 spiro atoms. The molecule has 14 heteroatoms. The number of carbonyl (C=O) groups excluding carboxylic acids is 4. The first-order chi connectivity index (χ1) is 24.4. The number of rotatable bonds is 13. The first kappa shape index (κ1) is 32.2. The Morgan fingerprint density at radius 2 is 1.70 bits per heavy atom. The molecule has 4 amide bonds. The third-order valence-corrected chi connectivity index (χ3v) is 8.16. The summed E-state index contributed by atoms with van der Waals surface area (Å²) in [5.74, 6) is -0.448. The van der Waals surface area contributed by atoms with E-state index in [1.807, 2.05) is 54.6 Å². The number of fused-ring (bicyclic) bond motifs is 2. The molecule has 2 aliphatic rings. The van der Waals surface area contributed by atoms with Gasteiger partial charge in [0.05, 0.1) is 41.7 Å². The summed E-state index contributed by atoms with van der Waals surface area (Å²) >= 11 is 0. The monoisotopic (exact) mass is 672 g/mol. The molecule has 0 saturated carbocycles. The van der Waals surface area contributed by atoms with Gasteiger partial charge in [0.2, 0.25) is 17.8 Å². The summed E-state index contributed by atoms with van der Waals surface area (Å²) in [6.45, 7) is 1.34. The van der Waals surface area contributed by atoms with Crippen molar-refractivity contribution in [3.63, 3.8) is 0 Å². The van der Waals surface area contributed by atoms with Gasteiger partial charge in [-0.3, -0.25) is 34.4 Å². The molecule has 7 rings (SSSR count). The molecule has 14 nitrogen and oxygen atoms in total. The average Bonchev–Trinajstić information content (AvgIpc) is 3.38. The fourth-order valence-electron chi connectivity index (χ4n) is 5.78. The number of para-hydroxylation sites is 1. The number of carbonyl (C=O) groups is 4. The molecule has 1 saturated heterocycles. The minimum Gasteiger partial charge on any atom is -0.491 e. The highest BCUT2D eigenvalue weighted by Gasteiger charge is 2.45. The van der Waals surface area contributed by atoms with E-state index < -0.39 is 29.7 Å². The summed E-state index contributed by atoms with van der Waals surface area (Å²) in [7, 11) is 0. The lowest BCUT2D eigenvalue weighted by Crippen LogP contribution is -2.54. The number of pyridine rings is 1. The normalized spacial score (nSPS) is 15.5. The topological polar surface area (TPSA) is 177 Å². The van der Waals surface area contributed by atoms with Crippen LogP contribution in [0.1, 0.15) is 33.6 Å². The molecule has 1 fully saturated rings. The van der Waals surface area contributed by atoms with Gasteiger partial charge in [0, 0.05) is 35.9 Å². The van der Waals surface area contributed by atoms with Crippen molar-refractivity contribution in [1.29, 1.82) is 0 Å². The second-order valence-electron chi connectivity index (χ2n) is 11.5. The van der Waals surface area contributed by atoms with Crippen LogP contribution >= 0.6 is 0 Å². The molecular weight excluding hydrogens is 640 g/mol. The molecule has 5 aromatic rings. The molecule has 50 heavy (non-hydrogen) atoms. The highest BCUT2D eigenvalue weighted by atomic mass is 16.5. The van der Waals surface area contributed by atoms with E-state index in [0.29, 0.717) is 49.6 Å². The minimum atomic E-state index is -1.02. The molecule has 1 unspecified atom stereocenters. The zero-order valence-electron chi connectivity index (χ0n) is 26.7. The van der Waals surface area contributed by atoms with Crippen molar-refractivity contribution in [1.82, 2.24) is 25.2 Å². The van der Waals surface area contributed by atoms with Gasteiger partial charge in [0.25, 0.3) is 11.8 Å². The molecule has 252 valence electrons. The molecule has 2 aliphatic heterocycles. The number of nitrogens with zero attached hydrogens (tertiary/aromatic N) is 4. The summed E-state index contributed by atoms with van der Waals surface area (Å²) in [5.41, 5.74) is 3.43. The summed E-state index contributed by atoms with van der Waals surface area (Å²) in [4.78, 5) is 64.4. The van der Waals surface area contributed by atoms with E-state index in [1.54, 1.807) is 36.7 Å². The van der Waals surface area contributed by atoms with Crippen LogP contribution in [-0.4, -0.2) is 75.9 Å². The van der Waals surface area contributed by atoms with Gasteiger partial charge >= 0.3 is 0 Å². The molecule has 1 atom stereocenters. The summed E-state index contributed by atoms with van der Waals surface area (Å²) in [6.07, 6.45) is 3.60. The Labute approximate surface area is 286 Å². The van der Waals surface area contributed by atoms with Crippen molar-refractivity contribution >= 4 is 63.4 Å². The van der Waals surface area contributed by atoms with Crippen molar-refractivity contribution in [2.24, 2.45) is 0 Å². The van der Waals surface area contributed by atoms with E-state index >= 15 is 0 Å². The number of hydrogen-bond donors (Lipinski definition) is 4. The number of imide groups is 2. The second kappa shape index (κ2) is 14.4. The Morgan fingerprint density at radius 3 is 2.56 bits per heavy atom. The quantitative estimate of drug-likeness (QED) is 0.102. The maximum Gasteiger partial charge on any atom is 0.264 e. The highest BCUT2D eigenvalue weighted by Crippen LogP contribution is 2.32. The van der Waals surface area contributed by atoms with Gasteiger partial charge in [-0.25, -0.2) is 4.98 Å². The largest absolute Gasteiger partial charge is 0.491 e. The third kappa shape index (κ3) is 7.05. The molecule has 0 aliphatic carbocycles. The maximum absolute atomic E-state index is 13.2. The van der Waals surface area contributed by atoms with Crippen molar-refractivity contribution < 1.29 is 28.7 Å². The van der Waals surface area contributed by atoms with E-state index in [4.69, 9.17) is 9.47 Å². The average molecular weight is 673 g/mol. The fourth-order valence-corrected chi connectivity index (χ4v) is 5.78. The first-order valence-corrected chi connectivity index (χ1v) is 16.0. The van der Waals surface area contributed by atoms with Crippen LogP contribution in [-0.2, 0) is 14.3 Å². The Bertz CT molecular complexity index is 2090. The van der Waals surface area contributed by atoms with Gasteiger partial charge in [-0.15, -0.1) is 0 Å². The number of ether oxygens (including phenoxy) is 2. The van der Waals surface area contributed by atoms with Gasteiger partial charge in [-0.2, -0.15) is 4.98 Å². The van der Waals surface area contributed by atoms with Crippen molar-refractivity contribution in [3.8, 4) is 5.75 Å². The number of hydrogen-bond acceptors (Lipinski definition) is 12. The molecule has 4 heterocycles. The standard InChI is InChI=1S/C36H32N8O6/c45-31-13-12-29(33(46)43-31)44-34(47)26-5-3-7-28(32(26)35(44)48)37-16-17-49-18-19-50-25-10-8-23(9-11-25)41-36-38-15-14-30(42-36)40-24-20-22-4-1-2-6-27(22)39-21-24/h1-11,14-15,20-21,29,37H,12-13,16-19H2,(H,43,45,46)(H2,38,40,41,42). The van der Waals surface area contributed by atoms with Gasteiger partial charge in [-0.05, 0) is 61.0 Å². The molecule has 4 N–H and O–H groups in total. The fraction of sp³-hybridized carbons (Fsp3) is 0.194. The third-order valence-electron chi connectivity index (χ3n) is 8.16. The van der Waals surface area contributed by atoms with E-state index in [-0.39, 0.29) is 24.0 Å². The van der Waals surface area contributed by atoms with Crippen LogP contribution in [0.2, 0.25) is 0 Å². The predicted molar refractivity (Wildman–Crippen MR) is 185 cm³/mol. The smallest absolute Gasteiger partial charge is 0.264 e. The molecule has 2 aromatic heterocycles. The van der Waals surface area contributed by atoms with Crippen LogP contribution in [0.5, 0.6) is 5.75 Å². The van der Waals surface area contributed by atoms with Crippen LogP contribution < -0.4 is 26.0 Å². The van der Waals surface area contributed by atoms with Crippen molar-refractivity contribution in [3.05, 3.63) is 102 Å². The number of aromatic nitrogens is 3. The predicted octanol–water partition coefficient (Wildman–Crippen LogP) is 4.42. The maximum atomic E-state index is 13.2. The minimum absolute atomic E-state index is 0.0633. The number of amides is 4. The lowest BCUT2D eigenvalue weighted by molar-refractivity contribution is -0.136. The Balaban J connectivity index is 0.840. The summed E-state index contributed by atoms with van der Waals surface area (Å²) in [6, 6.07) is 23.0. The Kier molecular flexibility index (Phi) is 9.24. The van der Waals surface area contributed by atoms with E-state index in [9.17, 15) is 19.2 Å². The van der Waals surface area contributed by atoms with Crippen molar-refractivity contribution in [2.45, 2.75) is 18.9 Å². The molecule has 0 radical (unpaired) electrons. The van der Waals surface area contributed by atoms with Crippen LogP contribution in [0.25, 0.3) is 10.9 Å². The van der Waals surface area contributed by atoms with Gasteiger partial charge in [0.15, 0.2) is 0 Å². The van der Waals surface area contributed by atoms with Crippen molar-refractivity contribution in [2.75, 3.05) is 42.3 Å². The number of benzene rings is 3. The molecule has 3 aromatic carbocycles. The Hall–Kier alpha value is -6.41. The van der Waals surface area contributed by atoms with Gasteiger partial charge < -0.3 is 25.4 Å². The lowest BCUT2D eigenvalue weighted by Gasteiger charge is -2.27. The molecular formula is C36H32N8O6. The van der Waals surface area contributed by atoms with Crippen LogP contribution in [0.15, 0.2) is 91.3 Å². The van der Waals surface area contributed by atoms with E-state index in [2.05, 4.69) is 36.2 Å². The zero-order chi connectivity index (χ0) is 34.5. The number of piperidine rings is 1. The van der Waals surface area contributed by atoms with E-state index in [1.165, 1.54) is 0 Å². The molecule has 0 bridgehead atoms. The van der Waals surface area contributed by atoms with Gasteiger partial charge in [0.1, 0.15) is 24.2 Å². The van der Waals surface area contributed by atoms with Crippen LogP contribution in [0, 0.1) is 0 Å². The van der Waals surface area contributed by atoms with E-state index in [0.717, 1.165) is 27.2 Å². The SMILES string of the molecule is O=C1CCC(N2C(=O)c3cccc(NCCOCCOc4ccc(Nc5nccc(Nc6cnc7ccccc7c6)n5)cc4)c3C2=O)C(=O)N1. The Morgan fingerprint density at radius 1 is 0.840 bits per heavy atom. The number of anilines is 5. The van der Waals surface area contributed by atoms with Crippen LogP contribution in [0.4, 0.5) is 28.8 Å². The zero-order valence-corrected chi connectivity index (χ0v) is 26.7. The summed E-state index contributed by atoms with van der Waals surface area (Å²) < 4.78 is 11.5. The number of nitrogens with one attached hydrogen (secondary N) is 4. The summed E-state index contributed by atoms with van der Waals surface area (Å²) in [5, 5.41) is 12.9.